The third-order valence-electron chi connectivity index (χ3n) is 5.28. The molecule has 7 heteroatoms. The van der Waals surface area contributed by atoms with E-state index in [1.54, 1.807) is 12.4 Å². The molecular weight excluding hydrogens is 340 g/mol. The first-order valence-electron chi connectivity index (χ1n) is 10.0. The smallest absolute Gasteiger partial charge is 0.257 e. The van der Waals surface area contributed by atoms with E-state index in [9.17, 15) is 4.79 Å². The number of hydrogen-bond acceptors (Lipinski definition) is 5. The number of rotatable bonds is 5. The lowest BCUT2D eigenvalue weighted by molar-refractivity contribution is 0.0765. The second kappa shape index (κ2) is 7.66. The van der Waals surface area contributed by atoms with E-state index in [2.05, 4.69) is 38.7 Å². The van der Waals surface area contributed by atoms with Gasteiger partial charge in [0.2, 0.25) is 0 Å². The molecule has 2 fully saturated rings. The molecule has 1 aliphatic heterocycles. The molecule has 144 valence electrons. The Balaban J connectivity index is 1.49. The fraction of sp³-hybridized carbons (Fsp3) is 0.600. The highest BCUT2D eigenvalue weighted by Gasteiger charge is 2.34. The van der Waals surface area contributed by atoms with Crippen LogP contribution in [0.3, 0.4) is 0 Å². The Bertz CT molecular complexity index is 783. The molecule has 1 saturated carbocycles. The monoisotopic (exact) mass is 368 g/mol. The van der Waals surface area contributed by atoms with Crippen molar-refractivity contribution < 1.29 is 4.79 Å². The molecule has 0 aromatic carbocycles. The summed E-state index contributed by atoms with van der Waals surface area (Å²) in [4.78, 5) is 17.5. The van der Waals surface area contributed by atoms with E-state index in [-0.39, 0.29) is 5.91 Å². The van der Waals surface area contributed by atoms with Crippen LogP contribution in [0.15, 0.2) is 24.5 Å². The Morgan fingerprint density at radius 3 is 2.78 bits per heavy atom. The van der Waals surface area contributed by atoms with Crippen LogP contribution >= 0.6 is 0 Å². The van der Waals surface area contributed by atoms with E-state index in [1.807, 2.05) is 17.0 Å². The highest BCUT2D eigenvalue weighted by atomic mass is 16.2. The van der Waals surface area contributed by atoms with Crippen molar-refractivity contribution in [2.24, 2.45) is 5.92 Å². The van der Waals surface area contributed by atoms with E-state index in [0.717, 1.165) is 49.7 Å². The van der Waals surface area contributed by atoms with Crippen molar-refractivity contribution in [2.75, 3.05) is 31.1 Å². The summed E-state index contributed by atoms with van der Waals surface area (Å²) in [7, 11) is 0. The minimum absolute atomic E-state index is 0.132. The fourth-order valence-corrected chi connectivity index (χ4v) is 3.82. The van der Waals surface area contributed by atoms with Crippen LogP contribution in [0.2, 0.25) is 0 Å². The third-order valence-corrected chi connectivity index (χ3v) is 5.28. The molecule has 0 N–H and O–H groups in total. The normalized spacial score (nSPS) is 18.0. The van der Waals surface area contributed by atoms with Crippen molar-refractivity contribution in [1.29, 1.82) is 0 Å². The number of hydrogen-bond donors (Lipinski definition) is 0. The van der Waals surface area contributed by atoms with Gasteiger partial charge in [-0.1, -0.05) is 13.8 Å². The molecule has 7 nitrogen and oxygen atoms in total. The molecule has 27 heavy (non-hydrogen) atoms. The van der Waals surface area contributed by atoms with Crippen LogP contribution in [0, 0.1) is 5.92 Å². The molecule has 4 rings (SSSR count). The fourth-order valence-electron chi connectivity index (χ4n) is 3.82. The Morgan fingerprint density at radius 1 is 1.22 bits per heavy atom. The van der Waals surface area contributed by atoms with Crippen LogP contribution in [-0.4, -0.2) is 57.0 Å². The zero-order valence-corrected chi connectivity index (χ0v) is 16.2. The van der Waals surface area contributed by atoms with E-state index in [4.69, 9.17) is 0 Å². The van der Waals surface area contributed by atoms with E-state index < -0.39 is 0 Å². The maximum Gasteiger partial charge on any atom is 0.257 e. The SMILES string of the molecule is CC(C)Cn1ncc(C(=O)N2CCCN(c3cccnn3)CC2)c1C1CC1. The minimum atomic E-state index is 0.132. The maximum absolute atomic E-state index is 13.3. The first kappa shape index (κ1) is 17.9. The Labute approximate surface area is 160 Å². The predicted molar refractivity (Wildman–Crippen MR) is 104 cm³/mol. The minimum Gasteiger partial charge on any atom is -0.353 e. The van der Waals surface area contributed by atoms with Crippen molar-refractivity contribution in [3.63, 3.8) is 0 Å². The summed E-state index contributed by atoms with van der Waals surface area (Å²) in [5.41, 5.74) is 1.97. The summed E-state index contributed by atoms with van der Waals surface area (Å²) >= 11 is 0. The van der Waals surface area contributed by atoms with Crippen molar-refractivity contribution in [3.8, 4) is 0 Å². The molecule has 2 aromatic rings. The lowest BCUT2D eigenvalue weighted by Crippen LogP contribution is -2.35. The largest absolute Gasteiger partial charge is 0.353 e. The molecule has 1 aliphatic carbocycles. The average molecular weight is 368 g/mol. The van der Waals surface area contributed by atoms with Gasteiger partial charge in [-0.05, 0) is 37.3 Å². The molecule has 0 bridgehead atoms. The lowest BCUT2D eigenvalue weighted by atomic mass is 10.1. The molecule has 1 amide bonds. The van der Waals surface area contributed by atoms with Gasteiger partial charge in [0.25, 0.3) is 5.91 Å². The Hall–Kier alpha value is -2.44. The van der Waals surface area contributed by atoms with Gasteiger partial charge < -0.3 is 9.80 Å². The molecule has 0 atom stereocenters. The van der Waals surface area contributed by atoms with Crippen LogP contribution in [0.4, 0.5) is 5.82 Å². The molecule has 2 aliphatic rings. The van der Waals surface area contributed by atoms with Crippen molar-refractivity contribution >= 4 is 11.7 Å². The molecule has 0 unspecified atom stereocenters. The number of amides is 1. The van der Waals surface area contributed by atoms with E-state index >= 15 is 0 Å². The quantitative estimate of drug-likeness (QED) is 0.811. The van der Waals surface area contributed by atoms with Gasteiger partial charge in [0.05, 0.1) is 17.5 Å². The predicted octanol–water partition coefficient (Wildman–Crippen LogP) is 2.56. The Morgan fingerprint density at radius 2 is 2.07 bits per heavy atom. The standard InChI is InChI=1S/C20H28N6O/c1-15(2)14-26-19(16-6-7-16)17(13-22-26)20(27)25-10-4-9-24(11-12-25)18-5-3-8-21-23-18/h3,5,8,13,15-16H,4,6-7,9-12,14H2,1-2H3. The maximum atomic E-state index is 13.3. The Kier molecular flexibility index (Phi) is 5.09. The zero-order chi connectivity index (χ0) is 18.8. The molecular formula is C20H28N6O. The molecule has 3 heterocycles. The highest BCUT2D eigenvalue weighted by Crippen LogP contribution is 2.42. The van der Waals surface area contributed by atoms with Gasteiger partial charge >= 0.3 is 0 Å². The van der Waals surface area contributed by atoms with Gasteiger partial charge in [-0.3, -0.25) is 9.48 Å². The second-order valence-corrected chi connectivity index (χ2v) is 8.01. The number of aromatic nitrogens is 4. The summed E-state index contributed by atoms with van der Waals surface area (Å²) in [6.07, 6.45) is 6.76. The van der Waals surface area contributed by atoms with Gasteiger partial charge in [0.1, 0.15) is 0 Å². The van der Waals surface area contributed by atoms with Crippen LogP contribution in [0.5, 0.6) is 0 Å². The van der Waals surface area contributed by atoms with Crippen molar-refractivity contribution in [3.05, 3.63) is 35.8 Å². The topological polar surface area (TPSA) is 67.2 Å². The van der Waals surface area contributed by atoms with E-state index in [1.165, 1.54) is 12.8 Å². The first-order chi connectivity index (χ1) is 13.1. The summed E-state index contributed by atoms with van der Waals surface area (Å²) in [5.74, 6) is 2.04. The highest BCUT2D eigenvalue weighted by molar-refractivity contribution is 5.95. The summed E-state index contributed by atoms with van der Waals surface area (Å²) in [5, 5.41) is 12.7. The number of anilines is 1. The number of carbonyl (C=O) groups is 1. The molecule has 0 radical (unpaired) electrons. The van der Waals surface area contributed by atoms with Gasteiger partial charge in [-0.2, -0.15) is 10.2 Å². The summed E-state index contributed by atoms with van der Waals surface area (Å²) in [6, 6.07) is 3.88. The second-order valence-electron chi connectivity index (χ2n) is 8.01. The lowest BCUT2D eigenvalue weighted by Gasteiger charge is -2.22. The van der Waals surface area contributed by atoms with Gasteiger partial charge in [0.15, 0.2) is 5.82 Å². The van der Waals surface area contributed by atoms with E-state index in [0.29, 0.717) is 18.4 Å². The van der Waals surface area contributed by atoms with Gasteiger partial charge in [-0.15, -0.1) is 5.10 Å². The first-order valence-corrected chi connectivity index (χ1v) is 10.0. The van der Waals surface area contributed by atoms with Crippen molar-refractivity contribution in [1.82, 2.24) is 24.9 Å². The van der Waals surface area contributed by atoms with Crippen molar-refractivity contribution in [2.45, 2.75) is 45.6 Å². The third kappa shape index (κ3) is 3.96. The van der Waals surface area contributed by atoms with Crippen LogP contribution < -0.4 is 4.90 Å². The molecule has 0 spiro atoms. The molecule has 1 saturated heterocycles. The van der Waals surface area contributed by atoms with Gasteiger partial charge in [0, 0.05) is 44.8 Å². The average Bonchev–Trinajstić information content (AvgIpc) is 3.46. The molecule has 2 aromatic heterocycles. The zero-order valence-electron chi connectivity index (χ0n) is 16.2. The van der Waals surface area contributed by atoms with Gasteiger partial charge in [-0.25, -0.2) is 0 Å². The summed E-state index contributed by atoms with van der Waals surface area (Å²) in [6.45, 7) is 8.41. The number of nitrogens with zero attached hydrogens (tertiary/aromatic N) is 6. The van der Waals surface area contributed by atoms with Crippen LogP contribution in [-0.2, 0) is 6.54 Å². The van der Waals surface area contributed by atoms with Crippen LogP contribution in [0.25, 0.3) is 0 Å². The summed E-state index contributed by atoms with van der Waals surface area (Å²) < 4.78 is 2.07. The van der Waals surface area contributed by atoms with Crippen LogP contribution in [0.1, 0.15) is 55.1 Å². The number of carbonyl (C=O) groups excluding carboxylic acids is 1.